The van der Waals surface area contributed by atoms with E-state index >= 15 is 0 Å². The summed E-state index contributed by atoms with van der Waals surface area (Å²) in [6.45, 7) is 2.65. The topological polar surface area (TPSA) is 78.9 Å². The maximum absolute atomic E-state index is 12.6. The molecule has 1 saturated carbocycles. The summed E-state index contributed by atoms with van der Waals surface area (Å²) in [7, 11) is 0. The highest BCUT2D eigenvalue weighted by atomic mass is 19.4. The van der Waals surface area contributed by atoms with Crippen LogP contribution in [-0.2, 0) is 11.0 Å². The number of nitrogens with one attached hydrogen (secondary N) is 3. The van der Waals surface area contributed by atoms with Gasteiger partial charge in [0.05, 0.1) is 0 Å². The molecule has 3 N–H and O–H groups in total. The minimum Gasteiger partial charge on any atom is -0.354 e. The summed E-state index contributed by atoms with van der Waals surface area (Å²) in [5.41, 5.74) is -0.989. The Kier molecular flexibility index (Phi) is 5.41. The number of amides is 1. The van der Waals surface area contributed by atoms with Crippen LogP contribution in [0.5, 0.6) is 0 Å². The molecule has 1 aliphatic heterocycles. The van der Waals surface area contributed by atoms with E-state index in [2.05, 4.69) is 25.9 Å². The van der Waals surface area contributed by atoms with Crippen LogP contribution in [0.15, 0.2) is 12.3 Å². The van der Waals surface area contributed by atoms with Gasteiger partial charge in [-0.2, -0.15) is 13.2 Å². The Morgan fingerprint density at radius 1 is 1.28 bits per heavy atom. The maximum atomic E-state index is 12.6. The van der Waals surface area contributed by atoms with Gasteiger partial charge in [-0.1, -0.05) is 0 Å². The first-order valence-corrected chi connectivity index (χ1v) is 8.57. The average Bonchev–Trinajstić information content (AvgIpc) is 3.40. The Labute approximate surface area is 144 Å². The monoisotopic (exact) mass is 357 g/mol. The molecular weight excluding hydrogens is 335 g/mol. The molecule has 9 heteroatoms. The molecule has 0 aromatic carbocycles. The van der Waals surface area contributed by atoms with Gasteiger partial charge in [0.25, 0.3) is 0 Å². The lowest BCUT2D eigenvalue weighted by atomic mass is 9.92. The Morgan fingerprint density at radius 3 is 2.76 bits per heavy atom. The highest BCUT2D eigenvalue weighted by molar-refractivity contribution is 5.81. The van der Waals surface area contributed by atoms with Gasteiger partial charge in [0.1, 0.15) is 5.69 Å². The Morgan fingerprint density at radius 2 is 2.04 bits per heavy atom. The first-order chi connectivity index (χ1) is 11.9. The Hall–Kier alpha value is -1.90. The van der Waals surface area contributed by atoms with E-state index in [9.17, 15) is 18.0 Å². The maximum Gasteiger partial charge on any atom is 0.433 e. The fourth-order valence-corrected chi connectivity index (χ4v) is 3.40. The summed E-state index contributed by atoms with van der Waals surface area (Å²) in [5, 5.41) is 8.86. The van der Waals surface area contributed by atoms with Gasteiger partial charge in [-0.15, -0.1) is 0 Å². The molecule has 0 spiro atoms. The molecule has 2 aliphatic rings. The molecule has 0 radical (unpaired) electrons. The van der Waals surface area contributed by atoms with Gasteiger partial charge in [-0.3, -0.25) is 4.79 Å². The van der Waals surface area contributed by atoms with E-state index in [1.807, 2.05) is 0 Å². The summed E-state index contributed by atoms with van der Waals surface area (Å²) in [5.74, 6) is 1.15. The average molecular weight is 357 g/mol. The van der Waals surface area contributed by atoms with Crippen molar-refractivity contribution in [3.63, 3.8) is 0 Å². The van der Waals surface area contributed by atoms with Crippen LogP contribution >= 0.6 is 0 Å². The van der Waals surface area contributed by atoms with Crippen LogP contribution < -0.4 is 16.0 Å². The van der Waals surface area contributed by atoms with Crippen molar-refractivity contribution in [2.75, 3.05) is 31.5 Å². The van der Waals surface area contributed by atoms with Crippen LogP contribution in [0.1, 0.15) is 25.0 Å². The number of nitrogens with zero attached hydrogens (tertiary/aromatic N) is 2. The number of alkyl halides is 3. The molecule has 2 heterocycles. The first kappa shape index (κ1) is 17.9. The molecule has 138 valence electrons. The number of hydrogen-bond acceptors (Lipinski definition) is 5. The van der Waals surface area contributed by atoms with Gasteiger partial charge in [0.15, 0.2) is 0 Å². The van der Waals surface area contributed by atoms with Crippen molar-refractivity contribution in [1.82, 2.24) is 20.6 Å². The summed E-state index contributed by atoms with van der Waals surface area (Å²) >= 11 is 0. The van der Waals surface area contributed by atoms with Crippen molar-refractivity contribution < 1.29 is 18.0 Å². The molecule has 0 unspecified atom stereocenters. The third-order valence-corrected chi connectivity index (χ3v) is 4.82. The predicted molar refractivity (Wildman–Crippen MR) is 85.7 cm³/mol. The normalized spacial score (nSPS) is 24.0. The fraction of sp³-hybridized carbons (Fsp3) is 0.688. The number of rotatable bonds is 6. The van der Waals surface area contributed by atoms with Crippen LogP contribution in [0.25, 0.3) is 0 Å². The molecule has 0 bridgehead atoms. The van der Waals surface area contributed by atoms with Crippen LogP contribution in [0, 0.1) is 17.8 Å². The van der Waals surface area contributed by atoms with Gasteiger partial charge >= 0.3 is 6.18 Å². The summed E-state index contributed by atoms with van der Waals surface area (Å²) in [6, 6.07) is 0.820. The van der Waals surface area contributed by atoms with E-state index in [0.29, 0.717) is 18.4 Å². The van der Waals surface area contributed by atoms with Crippen molar-refractivity contribution in [2.45, 2.75) is 25.4 Å². The molecular formula is C16H22F3N5O. The van der Waals surface area contributed by atoms with Crippen molar-refractivity contribution in [2.24, 2.45) is 17.8 Å². The second-order valence-electron chi connectivity index (χ2n) is 6.57. The van der Waals surface area contributed by atoms with E-state index < -0.39 is 11.9 Å². The molecule has 1 aromatic heterocycles. The predicted octanol–water partition coefficient (Wildman–Crippen LogP) is 1.66. The zero-order chi connectivity index (χ0) is 17.9. The lowest BCUT2D eigenvalue weighted by Crippen LogP contribution is -2.33. The molecule has 2 fully saturated rings. The van der Waals surface area contributed by atoms with E-state index in [4.69, 9.17) is 0 Å². The van der Waals surface area contributed by atoms with Gasteiger partial charge in [0, 0.05) is 25.2 Å². The second-order valence-corrected chi connectivity index (χ2v) is 6.57. The van der Waals surface area contributed by atoms with E-state index in [1.54, 1.807) is 0 Å². The van der Waals surface area contributed by atoms with Gasteiger partial charge in [-0.25, -0.2) is 9.97 Å². The zero-order valence-electron chi connectivity index (χ0n) is 13.8. The number of carbonyl (C=O) groups is 1. The largest absolute Gasteiger partial charge is 0.433 e. The lowest BCUT2D eigenvalue weighted by molar-refractivity contribution is -0.141. The minimum atomic E-state index is -4.50. The zero-order valence-corrected chi connectivity index (χ0v) is 13.8. The fourth-order valence-electron chi connectivity index (χ4n) is 3.40. The molecule has 25 heavy (non-hydrogen) atoms. The lowest BCUT2D eigenvalue weighted by Gasteiger charge is -2.22. The molecule has 1 amide bonds. The first-order valence-electron chi connectivity index (χ1n) is 8.57. The van der Waals surface area contributed by atoms with Crippen LogP contribution in [-0.4, -0.2) is 42.1 Å². The number of anilines is 1. The highest BCUT2D eigenvalue weighted by Gasteiger charge is 2.47. The third-order valence-electron chi connectivity index (χ3n) is 4.82. The number of aromatic nitrogens is 2. The third kappa shape index (κ3) is 4.81. The molecule has 1 saturated heterocycles. The van der Waals surface area contributed by atoms with E-state index in [1.165, 1.54) is 0 Å². The molecule has 1 aromatic rings. The molecule has 6 nitrogen and oxygen atoms in total. The van der Waals surface area contributed by atoms with Crippen LogP contribution in [0.3, 0.4) is 0 Å². The van der Waals surface area contributed by atoms with Gasteiger partial charge in [-0.05, 0) is 50.3 Å². The van der Waals surface area contributed by atoms with Gasteiger partial charge < -0.3 is 16.0 Å². The summed E-state index contributed by atoms with van der Waals surface area (Å²) in [6.07, 6.45) is -0.236. The molecule has 2 atom stereocenters. The number of hydrogen-bond donors (Lipinski definition) is 3. The van der Waals surface area contributed by atoms with Crippen LogP contribution in [0.2, 0.25) is 0 Å². The summed E-state index contributed by atoms with van der Waals surface area (Å²) < 4.78 is 37.7. The quantitative estimate of drug-likeness (QED) is 0.675. The SMILES string of the molecule is O=C(NCCNc1nccc(C(F)(F)F)n1)[C@@H]1C[C@H]1C1CCNCC1. The van der Waals surface area contributed by atoms with Crippen molar-refractivity contribution in [3.8, 4) is 0 Å². The Balaban J connectivity index is 1.37. The summed E-state index contributed by atoms with van der Waals surface area (Å²) in [4.78, 5) is 19.3. The van der Waals surface area contributed by atoms with Gasteiger partial charge in [0.2, 0.25) is 11.9 Å². The molecule has 1 aliphatic carbocycles. The Bertz CT molecular complexity index is 604. The van der Waals surface area contributed by atoms with E-state index in [0.717, 1.165) is 44.6 Å². The highest BCUT2D eigenvalue weighted by Crippen LogP contribution is 2.47. The number of carbonyl (C=O) groups excluding carboxylic acids is 1. The van der Waals surface area contributed by atoms with Crippen molar-refractivity contribution >= 4 is 11.9 Å². The molecule has 3 rings (SSSR count). The standard InChI is InChI=1S/C16H22F3N5O/c17-16(18,19)13-3-6-22-15(24-13)23-8-7-21-14(25)12-9-11(12)10-1-4-20-5-2-10/h3,6,10-12,20H,1-2,4-5,7-9H2,(H,21,25)(H,22,23,24)/t11-,12+/m0/s1. The number of halogens is 3. The second kappa shape index (κ2) is 7.55. The van der Waals surface area contributed by atoms with Crippen molar-refractivity contribution in [3.05, 3.63) is 18.0 Å². The van der Waals surface area contributed by atoms with E-state index in [-0.39, 0.29) is 24.3 Å². The van der Waals surface area contributed by atoms with Crippen LogP contribution in [0.4, 0.5) is 19.1 Å². The van der Waals surface area contributed by atoms with Crippen molar-refractivity contribution in [1.29, 1.82) is 0 Å². The smallest absolute Gasteiger partial charge is 0.354 e. The minimum absolute atomic E-state index is 0.0373. The number of piperidine rings is 1.